The van der Waals surface area contributed by atoms with E-state index in [4.69, 9.17) is 41.0 Å². The number of aromatic amines is 1. The SMILES string of the molecule is COc1ccc(-c2[nH]nc3c2[C@H](c2cc(Cl)c(OC(=O)N4CCOCC4)c(OC)c2)C(C#N)=C(N)O3)cc1. The van der Waals surface area contributed by atoms with Gasteiger partial charge in [0.2, 0.25) is 11.8 Å². The van der Waals surface area contributed by atoms with Crippen molar-refractivity contribution in [3.8, 4) is 40.5 Å². The number of rotatable bonds is 5. The van der Waals surface area contributed by atoms with Crippen molar-refractivity contribution in [3.63, 3.8) is 0 Å². The summed E-state index contributed by atoms with van der Waals surface area (Å²) in [6.07, 6.45) is -0.562. The van der Waals surface area contributed by atoms with E-state index in [9.17, 15) is 10.1 Å². The number of nitrogens with one attached hydrogen (secondary N) is 1. The maximum Gasteiger partial charge on any atom is 0.415 e. The van der Waals surface area contributed by atoms with Crippen LogP contribution in [0.25, 0.3) is 11.3 Å². The molecule has 0 unspecified atom stereocenters. The Kier molecular flexibility index (Phi) is 7.00. The largest absolute Gasteiger partial charge is 0.497 e. The summed E-state index contributed by atoms with van der Waals surface area (Å²) in [7, 11) is 3.02. The molecule has 2 aliphatic rings. The van der Waals surface area contributed by atoms with E-state index in [0.717, 1.165) is 5.56 Å². The number of nitrogens with zero attached hydrogens (tertiary/aromatic N) is 3. The normalized spacial score (nSPS) is 16.8. The summed E-state index contributed by atoms with van der Waals surface area (Å²) >= 11 is 6.63. The molecule has 38 heavy (non-hydrogen) atoms. The maximum atomic E-state index is 12.7. The number of nitrogens with two attached hydrogens (primary N) is 1. The van der Waals surface area contributed by atoms with Crippen LogP contribution in [0.2, 0.25) is 5.02 Å². The third-order valence-corrected chi connectivity index (χ3v) is 6.64. The molecule has 0 aliphatic carbocycles. The predicted molar refractivity (Wildman–Crippen MR) is 136 cm³/mol. The molecule has 12 heteroatoms. The number of aromatic nitrogens is 2. The standard InChI is InChI=1S/C26H24ClN5O6/c1-34-16-5-3-14(4-6-16)22-21-20(17(13-28)24(29)38-25(21)31-30-22)15-11-18(27)23(19(12-15)35-2)37-26(33)32-7-9-36-10-8-32/h3-6,11-12,20H,7-10,29H2,1-2H3,(H,30,31)/t20-/m1/s1. The van der Waals surface area contributed by atoms with Gasteiger partial charge in [0.05, 0.1) is 49.6 Å². The Morgan fingerprint density at radius 2 is 1.95 bits per heavy atom. The predicted octanol–water partition coefficient (Wildman–Crippen LogP) is 3.80. The van der Waals surface area contributed by atoms with Crippen LogP contribution in [0.4, 0.5) is 4.79 Å². The van der Waals surface area contributed by atoms with Gasteiger partial charge in [0.1, 0.15) is 17.4 Å². The molecule has 1 atom stereocenters. The van der Waals surface area contributed by atoms with Crippen LogP contribution >= 0.6 is 11.6 Å². The average Bonchev–Trinajstić information content (AvgIpc) is 3.36. The Morgan fingerprint density at radius 1 is 1.21 bits per heavy atom. The lowest BCUT2D eigenvalue weighted by Gasteiger charge is -2.27. The molecule has 196 valence electrons. The number of amides is 1. The van der Waals surface area contributed by atoms with E-state index in [1.165, 1.54) is 12.0 Å². The van der Waals surface area contributed by atoms with Crippen LogP contribution in [-0.2, 0) is 4.74 Å². The number of H-pyrrole nitrogens is 1. The van der Waals surface area contributed by atoms with Crippen molar-refractivity contribution in [1.29, 1.82) is 5.26 Å². The fourth-order valence-corrected chi connectivity index (χ4v) is 4.72. The molecule has 0 spiro atoms. The summed E-state index contributed by atoms with van der Waals surface area (Å²) in [4.78, 5) is 14.3. The van der Waals surface area contributed by atoms with Gasteiger partial charge in [0, 0.05) is 18.7 Å². The van der Waals surface area contributed by atoms with Gasteiger partial charge in [-0.2, -0.15) is 5.26 Å². The molecule has 3 N–H and O–H groups in total. The van der Waals surface area contributed by atoms with E-state index in [1.54, 1.807) is 19.2 Å². The van der Waals surface area contributed by atoms with Crippen molar-refractivity contribution in [3.05, 3.63) is 64.0 Å². The summed E-state index contributed by atoms with van der Waals surface area (Å²) in [6, 6.07) is 12.8. The minimum Gasteiger partial charge on any atom is -0.497 e. The number of morpholine rings is 1. The third kappa shape index (κ3) is 4.55. The molecule has 2 aliphatic heterocycles. The smallest absolute Gasteiger partial charge is 0.415 e. The van der Waals surface area contributed by atoms with Gasteiger partial charge in [-0.25, -0.2) is 4.79 Å². The first-order valence-corrected chi connectivity index (χ1v) is 12.0. The van der Waals surface area contributed by atoms with Crippen LogP contribution in [0, 0.1) is 11.3 Å². The van der Waals surface area contributed by atoms with E-state index in [2.05, 4.69) is 16.3 Å². The number of carbonyl (C=O) groups is 1. The third-order valence-electron chi connectivity index (χ3n) is 6.36. The summed E-state index contributed by atoms with van der Waals surface area (Å²) in [5.74, 6) is 0.434. The first-order chi connectivity index (χ1) is 18.4. The van der Waals surface area contributed by atoms with Gasteiger partial charge in [0.25, 0.3) is 0 Å². The lowest BCUT2D eigenvalue weighted by molar-refractivity contribution is 0.0413. The van der Waals surface area contributed by atoms with Crippen LogP contribution < -0.4 is 24.7 Å². The number of benzene rings is 2. The fourth-order valence-electron chi connectivity index (χ4n) is 4.46. The number of allylic oxidation sites excluding steroid dienone is 1. The number of nitriles is 1. The molecule has 1 fully saturated rings. The quantitative estimate of drug-likeness (QED) is 0.496. The highest BCUT2D eigenvalue weighted by atomic mass is 35.5. The fraction of sp³-hybridized carbons (Fsp3) is 0.269. The monoisotopic (exact) mass is 537 g/mol. The van der Waals surface area contributed by atoms with Gasteiger partial charge in [-0.3, -0.25) is 5.10 Å². The van der Waals surface area contributed by atoms with Crippen LogP contribution in [0.3, 0.4) is 0 Å². The molecule has 1 saturated heterocycles. The number of carbonyl (C=O) groups excluding carboxylic acids is 1. The molecule has 0 bridgehead atoms. The maximum absolute atomic E-state index is 12.7. The van der Waals surface area contributed by atoms with Crippen LogP contribution in [0.5, 0.6) is 23.1 Å². The molecule has 0 radical (unpaired) electrons. The number of halogens is 1. The number of hydrogen-bond acceptors (Lipinski definition) is 9. The Balaban J connectivity index is 1.58. The highest BCUT2D eigenvalue weighted by molar-refractivity contribution is 6.32. The summed E-state index contributed by atoms with van der Waals surface area (Å²) < 4.78 is 27.4. The molecule has 5 rings (SSSR count). The molecule has 2 aromatic carbocycles. The molecular weight excluding hydrogens is 514 g/mol. The topological polar surface area (TPSA) is 145 Å². The van der Waals surface area contributed by atoms with E-state index in [-0.39, 0.29) is 33.9 Å². The highest BCUT2D eigenvalue weighted by Crippen LogP contribution is 2.48. The van der Waals surface area contributed by atoms with Gasteiger partial charge in [-0.1, -0.05) is 11.6 Å². The Bertz CT molecular complexity index is 1440. The van der Waals surface area contributed by atoms with Gasteiger partial charge < -0.3 is 34.3 Å². The molecule has 3 heterocycles. The van der Waals surface area contributed by atoms with Crippen molar-refractivity contribution < 1.29 is 28.5 Å². The first kappa shape index (κ1) is 25.3. The van der Waals surface area contributed by atoms with Crippen LogP contribution in [-0.4, -0.2) is 61.7 Å². The zero-order chi connectivity index (χ0) is 26.8. The summed E-state index contributed by atoms with van der Waals surface area (Å²) in [6.45, 7) is 1.67. The second kappa shape index (κ2) is 10.5. The zero-order valence-corrected chi connectivity index (χ0v) is 21.4. The van der Waals surface area contributed by atoms with E-state index in [1.807, 2.05) is 24.3 Å². The van der Waals surface area contributed by atoms with E-state index < -0.39 is 12.0 Å². The minimum atomic E-state index is -0.699. The number of ether oxygens (including phenoxy) is 5. The Hall–Kier alpha value is -4.40. The number of fused-ring (bicyclic) bond motifs is 1. The molecular formula is C26H24ClN5O6. The van der Waals surface area contributed by atoms with Crippen molar-refractivity contribution in [2.24, 2.45) is 5.73 Å². The van der Waals surface area contributed by atoms with Crippen LogP contribution in [0.1, 0.15) is 17.0 Å². The molecule has 11 nitrogen and oxygen atoms in total. The van der Waals surface area contributed by atoms with Gasteiger partial charge in [0.15, 0.2) is 11.5 Å². The zero-order valence-electron chi connectivity index (χ0n) is 20.6. The minimum absolute atomic E-state index is 0.0692. The van der Waals surface area contributed by atoms with Crippen molar-refractivity contribution in [2.75, 3.05) is 40.5 Å². The Labute approximate surface area is 223 Å². The van der Waals surface area contributed by atoms with Crippen molar-refractivity contribution in [1.82, 2.24) is 15.1 Å². The molecule has 1 amide bonds. The second-order valence-corrected chi connectivity index (χ2v) is 8.88. The van der Waals surface area contributed by atoms with Crippen LogP contribution in [0.15, 0.2) is 47.9 Å². The lowest BCUT2D eigenvalue weighted by Crippen LogP contribution is -2.42. The van der Waals surface area contributed by atoms with Crippen molar-refractivity contribution in [2.45, 2.75) is 5.92 Å². The Morgan fingerprint density at radius 3 is 2.61 bits per heavy atom. The van der Waals surface area contributed by atoms with Crippen molar-refractivity contribution >= 4 is 17.7 Å². The van der Waals surface area contributed by atoms with E-state index >= 15 is 0 Å². The number of methoxy groups -OCH3 is 2. The highest BCUT2D eigenvalue weighted by Gasteiger charge is 2.37. The van der Waals surface area contributed by atoms with Gasteiger partial charge >= 0.3 is 6.09 Å². The molecule has 0 saturated carbocycles. The van der Waals surface area contributed by atoms with Gasteiger partial charge in [-0.05, 0) is 42.0 Å². The number of hydrogen-bond donors (Lipinski definition) is 2. The first-order valence-electron chi connectivity index (χ1n) is 11.7. The second-order valence-electron chi connectivity index (χ2n) is 8.47. The summed E-state index contributed by atoms with van der Waals surface area (Å²) in [5.41, 5.74) is 8.88. The van der Waals surface area contributed by atoms with Gasteiger partial charge in [-0.15, -0.1) is 5.10 Å². The average molecular weight is 538 g/mol. The molecule has 3 aromatic rings. The molecule has 1 aromatic heterocycles. The summed E-state index contributed by atoms with van der Waals surface area (Å²) in [5, 5.41) is 17.4. The van der Waals surface area contributed by atoms with E-state index in [0.29, 0.717) is 48.9 Å². The lowest BCUT2D eigenvalue weighted by atomic mass is 9.83.